The molecule has 27 heavy (non-hydrogen) atoms. The van der Waals surface area contributed by atoms with Gasteiger partial charge >= 0.3 is 18.2 Å². The number of halogens is 3. The SMILES string of the molecule is Cc1ccc(-c2cc(C(F)(F)F)nc(OCn3ccc(C(=O)O)n3)n2)cc1. The molecule has 3 aromatic rings. The van der Waals surface area contributed by atoms with Crippen molar-refractivity contribution in [3.63, 3.8) is 0 Å². The van der Waals surface area contributed by atoms with Gasteiger partial charge in [0, 0.05) is 11.8 Å². The highest BCUT2D eigenvalue weighted by Crippen LogP contribution is 2.31. The number of aryl methyl sites for hydroxylation is 1. The molecule has 1 N–H and O–H groups in total. The Hall–Kier alpha value is -3.43. The molecule has 10 heteroatoms. The molecule has 2 heterocycles. The van der Waals surface area contributed by atoms with Gasteiger partial charge in [0.2, 0.25) is 0 Å². The summed E-state index contributed by atoms with van der Waals surface area (Å²) in [6.07, 6.45) is -3.36. The van der Waals surface area contributed by atoms with Crippen LogP contribution < -0.4 is 4.74 Å². The third kappa shape index (κ3) is 4.40. The number of hydrogen-bond donors (Lipinski definition) is 1. The summed E-state index contributed by atoms with van der Waals surface area (Å²) in [5, 5.41) is 12.5. The number of aromatic nitrogens is 4. The summed E-state index contributed by atoms with van der Waals surface area (Å²) in [6.45, 7) is 1.51. The van der Waals surface area contributed by atoms with Crippen LogP contribution in [0.25, 0.3) is 11.3 Å². The lowest BCUT2D eigenvalue weighted by Gasteiger charge is -2.11. The average molecular weight is 378 g/mol. The molecule has 0 saturated carbocycles. The van der Waals surface area contributed by atoms with Crippen LogP contribution in [-0.2, 0) is 12.9 Å². The number of carboxylic acids is 1. The Labute approximate surface area is 151 Å². The van der Waals surface area contributed by atoms with Crippen molar-refractivity contribution >= 4 is 5.97 Å². The summed E-state index contributed by atoms with van der Waals surface area (Å²) >= 11 is 0. The molecular weight excluding hydrogens is 365 g/mol. The maximum Gasteiger partial charge on any atom is 0.433 e. The van der Waals surface area contributed by atoms with Crippen LogP contribution in [0, 0.1) is 6.92 Å². The van der Waals surface area contributed by atoms with Gasteiger partial charge in [-0.2, -0.15) is 28.2 Å². The van der Waals surface area contributed by atoms with Gasteiger partial charge in [0.15, 0.2) is 18.1 Å². The Morgan fingerprint density at radius 3 is 2.48 bits per heavy atom. The quantitative estimate of drug-likeness (QED) is 0.732. The van der Waals surface area contributed by atoms with E-state index < -0.39 is 23.8 Å². The number of carboxylic acid groups (broad SMARTS) is 1. The average Bonchev–Trinajstić information content (AvgIpc) is 3.09. The van der Waals surface area contributed by atoms with Gasteiger partial charge in [-0.1, -0.05) is 29.8 Å². The smallest absolute Gasteiger partial charge is 0.433 e. The molecule has 0 amide bonds. The Balaban J connectivity index is 1.90. The van der Waals surface area contributed by atoms with E-state index in [0.717, 1.165) is 16.3 Å². The second-order valence-corrected chi connectivity index (χ2v) is 5.60. The molecule has 7 nitrogen and oxygen atoms in total. The molecule has 1 aromatic carbocycles. The van der Waals surface area contributed by atoms with Crippen LogP contribution in [0.2, 0.25) is 0 Å². The number of aromatic carboxylic acids is 1. The zero-order chi connectivity index (χ0) is 19.6. The molecule has 0 aliphatic carbocycles. The Morgan fingerprint density at radius 1 is 1.19 bits per heavy atom. The lowest BCUT2D eigenvalue weighted by molar-refractivity contribution is -0.141. The molecule has 0 fully saturated rings. The van der Waals surface area contributed by atoms with Crippen LogP contribution in [-0.4, -0.2) is 30.8 Å². The topological polar surface area (TPSA) is 90.1 Å². The zero-order valence-corrected chi connectivity index (χ0v) is 13.9. The number of nitrogens with zero attached hydrogens (tertiary/aromatic N) is 4. The van der Waals surface area contributed by atoms with E-state index in [4.69, 9.17) is 9.84 Å². The minimum atomic E-state index is -4.68. The summed E-state index contributed by atoms with van der Waals surface area (Å²) < 4.78 is 45.8. The highest BCUT2D eigenvalue weighted by Gasteiger charge is 2.34. The van der Waals surface area contributed by atoms with E-state index in [0.29, 0.717) is 5.56 Å². The highest BCUT2D eigenvalue weighted by molar-refractivity contribution is 5.85. The number of hydrogen-bond acceptors (Lipinski definition) is 5. The van der Waals surface area contributed by atoms with Gasteiger partial charge in [0.25, 0.3) is 0 Å². The first-order valence-electron chi connectivity index (χ1n) is 7.65. The van der Waals surface area contributed by atoms with Crippen molar-refractivity contribution in [1.29, 1.82) is 0 Å². The molecule has 0 radical (unpaired) electrons. The summed E-state index contributed by atoms with van der Waals surface area (Å²) in [4.78, 5) is 18.2. The molecule has 0 aliphatic heterocycles. The van der Waals surface area contributed by atoms with Crippen molar-refractivity contribution in [2.45, 2.75) is 19.8 Å². The van der Waals surface area contributed by atoms with E-state index in [1.54, 1.807) is 24.3 Å². The van der Waals surface area contributed by atoms with E-state index in [-0.39, 0.29) is 18.1 Å². The van der Waals surface area contributed by atoms with Crippen molar-refractivity contribution in [3.05, 3.63) is 59.5 Å². The Kier molecular flexibility index (Phi) is 4.80. The monoisotopic (exact) mass is 378 g/mol. The fourth-order valence-corrected chi connectivity index (χ4v) is 2.18. The fraction of sp³-hybridized carbons (Fsp3) is 0.176. The minimum absolute atomic E-state index is 0.0546. The molecule has 3 rings (SSSR count). The zero-order valence-electron chi connectivity index (χ0n) is 13.9. The van der Waals surface area contributed by atoms with Crippen LogP contribution >= 0.6 is 0 Å². The van der Waals surface area contributed by atoms with E-state index in [9.17, 15) is 18.0 Å². The fourth-order valence-electron chi connectivity index (χ4n) is 2.18. The van der Waals surface area contributed by atoms with Gasteiger partial charge in [0.05, 0.1) is 5.69 Å². The van der Waals surface area contributed by atoms with E-state index >= 15 is 0 Å². The largest absolute Gasteiger partial charge is 0.476 e. The molecule has 0 unspecified atom stereocenters. The van der Waals surface area contributed by atoms with Crippen molar-refractivity contribution in [1.82, 2.24) is 19.7 Å². The molecule has 0 spiro atoms. The van der Waals surface area contributed by atoms with Crippen LogP contribution in [0.1, 0.15) is 21.7 Å². The Morgan fingerprint density at radius 2 is 1.89 bits per heavy atom. The molecule has 0 aliphatic rings. The minimum Gasteiger partial charge on any atom is -0.476 e. The van der Waals surface area contributed by atoms with Crippen molar-refractivity contribution in [3.8, 4) is 17.3 Å². The number of benzene rings is 1. The van der Waals surface area contributed by atoms with Crippen LogP contribution in [0.5, 0.6) is 6.01 Å². The number of carbonyl (C=O) groups is 1. The first-order chi connectivity index (χ1) is 12.7. The first-order valence-corrected chi connectivity index (χ1v) is 7.65. The molecular formula is C17H13F3N4O3. The lowest BCUT2D eigenvalue weighted by Crippen LogP contribution is -2.13. The summed E-state index contributed by atoms with van der Waals surface area (Å²) in [5.74, 6) is -1.23. The third-order valence-corrected chi connectivity index (χ3v) is 3.53. The highest BCUT2D eigenvalue weighted by atomic mass is 19.4. The van der Waals surface area contributed by atoms with Gasteiger partial charge in [-0.05, 0) is 19.1 Å². The summed E-state index contributed by atoms with van der Waals surface area (Å²) in [5.41, 5.74) is 0.122. The number of rotatable bonds is 5. The maximum absolute atomic E-state index is 13.2. The van der Waals surface area contributed by atoms with Crippen LogP contribution in [0.3, 0.4) is 0 Å². The lowest BCUT2D eigenvalue weighted by atomic mass is 10.1. The molecule has 0 saturated heterocycles. The maximum atomic E-state index is 13.2. The molecule has 140 valence electrons. The third-order valence-electron chi connectivity index (χ3n) is 3.53. The van der Waals surface area contributed by atoms with Crippen LogP contribution in [0.15, 0.2) is 42.6 Å². The van der Waals surface area contributed by atoms with Crippen LogP contribution in [0.4, 0.5) is 13.2 Å². The number of ether oxygens (including phenoxy) is 1. The van der Waals surface area contributed by atoms with Gasteiger partial charge < -0.3 is 9.84 Å². The van der Waals surface area contributed by atoms with E-state index in [1.165, 1.54) is 12.3 Å². The standard InChI is InChI=1S/C17H13F3N4O3/c1-10-2-4-11(5-3-10)13-8-14(17(18,19)20)22-16(21-13)27-9-24-7-6-12(23-24)15(25)26/h2-8H,9H2,1H3,(H,25,26). The molecule has 0 bridgehead atoms. The van der Waals surface area contributed by atoms with Crippen molar-refractivity contribution < 1.29 is 27.8 Å². The summed E-state index contributed by atoms with van der Waals surface area (Å²) in [7, 11) is 0. The first kappa shape index (κ1) is 18.4. The molecule has 2 aromatic heterocycles. The van der Waals surface area contributed by atoms with Crippen molar-refractivity contribution in [2.75, 3.05) is 0 Å². The normalized spacial score (nSPS) is 11.4. The van der Waals surface area contributed by atoms with Gasteiger partial charge in [-0.25, -0.2) is 9.48 Å². The summed E-state index contributed by atoms with van der Waals surface area (Å²) in [6, 6.07) is 8.38. The van der Waals surface area contributed by atoms with Gasteiger partial charge in [0.1, 0.15) is 0 Å². The second-order valence-electron chi connectivity index (χ2n) is 5.60. The van der Waals surface area contributed by atoms with Gasteiger partial charge in [-0.3, -0.25) is 0 Å². The second kappa shape index (κ2) is 7.06. The van der Waals surface area contributed by atoms with E-state index in [2.05, 4.69) is 15.1 Å². The predicted octanol–water partition coefficient (Wildman–Crippen LogP) is 3.40. The molecule has 0 atom stereocenters. The van der Waals surface area contributed by atoms with E-state index in [1.807, 2.05) is 6.92 Å². The Bertz CT molecular complexity index is 968. The number of alkyl halides is 3. The van der Waals surface area contributed by atoms with Crippen molar-refractivity contribution in [2.24, 2.45) is 0 Å². The van der Waals surface area contributed by atoms with Gasteiger partial charge in [-0.15, -0.1) is 0 Å². The predicted molar refractivity (Wildman–Crippen MR) is 87.0 cm³/mol.